The van der Waals surface area contributed by atoms with Crippen molar-refractivity contribution in [3.8, 4) is 5.75 Å². The molecule has 1 heterocycles. The van der Waals surface area contributed by atoms with Crippen molar-refractivity contribution in [3.05, 3.63) is 42.0 Å². The molecule has 1 N–H and O–H groups in total. The molecule has 25 heavy (non-hydrogen) atoms. The molecule has 6 heteroatoms. The Morgan fingerprint density at radius 3 is 2.12 bits per heavy atom. The van der Waals surface area contributed by atoms with Gasteiger partial charge in [0.15, 0.2) is 0 Å². The van der Waals surface area contributed by atoms with Gasteiger partial charge in [0.25, 0.3) is 17.7 Å². The lowest BCUT2D eigenvalue weighted by atomic mass is 9.63. The van der Waals surface area contributed by atoms with E-state index in [-0.39, 0.29) is 35.5 Å². The number of benzene rings is 1. The highest BCUT2D eigenvalue weighted by atomic mass is 16.5. The van der Waals surface area contributed by atoms with Crippen LogP contribution in [0.25, 0.3) is 0 Å². The number of hydrogen-bond acceptors (Lipinski definition) is 4. The maximum absolute atomic E-state index is 12.8. The lowest BCUT2D eigenvalue weighted by Gasteiger charge is -2.37. The van der Waals surface area contributed by atoms with Crippen molar-refractivity contribution in [2.24, 2.45) is 35.5 Å². The molecule has 4 aliphatic carbocycles. The molecule has 0 radical (unpaired) electrons. The summed E-state index contributed by atoms with van der Waals surface area (Å²) in [5, 5.41) is 0.958. The minimum absolute atomic E-state index is 0.152. The molecule has 1 aliphatic heterocycles. The molecular formula is C19H18N2O4. The third kappa shape index (κ3) is 1.94. The number of allylic oxidation sites excluding steroid dienone is 2. The van der Waals surface area contributed by atoms with Crippen LogP contribution in [0.15, 0.2) is 36.4 Å². The zero-order chi connectivity index (χ0) is 17.3. The molecule has 1 aromatic rings. The Morgan fingerprint density at radius 1 is 1.04 bits per heavy atom. The number of carbonyl (C=O) groups excluding carboxylic acids is 3. The largest absolute Gasteiger partial charge is 0.497 e. The number of nitrogens with zero attached hydrogens (tertiary/aromatic N) is 1. The standard InChI is InChI=1S/C19H18N2O4/c1-25-10-4-2-9(3-5-10)17(22)20-21-18(23)15-11-6-7-12(14-8-13(11)14)16(15)19(21)24/h2-7,11-16H,8H2,1H3,(H,20,22)/t11-,12-,13-,14+,15-,16+/m1/s1. The highest BCUT2D eigenvalue weighted by molar-refractivity contribution is 6.08. The van der Waals surface area contributed by atoms with Gasteiger partial charge in [0.05, 0.1) is 18.9 Å². The number of hydrazine groups is 1. The van der Waals surface area contributed by atoms with Crippen LogP contribution in [0.2, 0.25) is 0 Å². The minimum Gasteiger partial charge on any atom is -0.497 e. The summed E-state index contributed by atoms with van der Waals surface area (Å²) in [4.78, 5) is 38.1. The molecule has 2 saturated carbocycles. The SMILES string of the molecule is COc1ccc(C(=O)NN2C(=O)[C@@H]3[C@@H]4C=C[C@H]([C@@H]5C[C@H]45)[C@@H]3C2=O)cc1. The molecule has 6 atom stereocenters. The summed E-state index contributed by atoms with van der Waals surface area (Å²) >= 11 is 0. The first-order valence-electron chi connectivity index (χ1n) is 8.61. The van der Waals surface area contributed by atoms with Gasteiger partial charge in [0, 0.05) is 5.56 Å². The summed E-state index contributed by atoms with van der Waals surface area (Å²) in [6, 6.07) is 6.54. The number of nitrogens with one attached hydrogen (secondary N) is 1. The Labute approximate surface area is 144 Å². The van der Waals surface area contributed by atoms with Crippen LogP contribution in [0, 0.1) is 35.5 Å². The minimum atomic E-state index is -0.464. The van der Waals surface area contributed by atoms with Gasteiger partial charge in [-0.2, -0.15) is 5.01 Å². The number of ether oxygens (including phenoxy) is 1. The van der Waals surface area contributed by atoms with Crippen LogP contribution in [0.5, 0.6) is 5.75 Å². The molecule has 1 aromatic carbocycles. The van der Waals surface area contributed by atoms with Gasteiger partial charge in [-0.1, -0.05) is 12.2 Å². The van der Waals surface area contributed by atoms with Crippen molar-refractivity contribution in [1.82, 2.24) is 10.4 Å². The molecule has 0 unspecified atom stereocenters. The fourth-order valence-corrected chi connectivity index (χ4v) is 4.98. The van der Waals surface area contributed by atoms with E-state index in [9.17, 15) is 14.4 Å². The summed E-state index contributed by atoms with van der Waals surface area (Å²) in [5.74, 6) is 0.438. The van der Waals surface area contributed by atoms with Gasteiger partial charge in [-0.15, -0.1) is 0 Å². The van der Waals surface area contributed by atoms with Gasteiger partial charge in [-0.05, 0) is 54.4 Å². The molecule has 1 saturated heterocycles. The first-order valence-corrected chi connectivity index (χ1v) is 8.61. The highest BCUT2D eigenvalue weighted by Crippen LogP contribution is 2.65. The molecule has 6 nitrogen and oxygen atoms in total. The average molecular weight is 338 g/mol. The molecule has 5 aliphatic rings. The van der Waals surface area contributed by atoms with Gasteiger partial charge in [-0.25, -0.2) is 0 Å². The van der Waals surface area contributed by atoms with Crippen molar-refractivity contribution >= 4 is 17.7 Å². The van der Waals surface area contributed by atoms with Crippen LogP contribution in [-0.4, -0.2) is 29.8 Å². The normalized spacial score (nSPS) is 36.9. The summed E-state index contributed by atoms with van der Waals surface area (Å²) in [5.41, 5.74) is 2.89. The first kappa shape index (κ1) is 14.7. The summed E-state index contributed by atoms with van der Waals surface area (Å²) in [6.45, 7) is 0. The van der Waals surface area contributed by atoms with Gasteiger partial charge < -0.3 is 4.74 Å². The van der Waals surface area contributed by atoms with Crippen molar-refractivity contribution in [3.63, 3.8) is 0 Å². The van der Waals surface area contributed by atoms with E-state index in [2.05, 4.69) is 17.6 Å². The zero-order valence-corrected chi connectivity index (χ0v) is 13.7. The van der Waals surface area contributed by atoms with Crippen molar-refractivity contribution < 1.29 is 19.1 Å². The smallest absolute Gasteiger partial charge is 0.270 e. The van der Waals surface area contributed by atoms with E-state index in [0.717, 1.165) is 11.4 Å². The van der Waals surface area contributed by atoms with Gasteiger partial charge in [0.2, 0.25) is 0 Å². The van der Waals surface area contributed by atoms with Crippen LogP contribution in [0.4, 0.5) is 0 Å². The topological polar surface area (TPSA) is 75.7 Å². The Kier molecular flexibility index (Phi) is 2.90. The van der Waals surface area contributed by atoms with Crippen LogP contribution >= 0.6 is 0 Å². The zero-order valence-electron chi connectivity index (χ0n) is 13.7. The van der Waals surface area contributed by atoms with Crippen LogP contribution in [-0.2, 0) is 9.59 Å². The van der Waals surface area contributed by atoms with E-state index in [1.165, 1.54) is 0 Å². The van der Waals surface area contributed by atoms with Gasteiger partial charge in [0.1, 0.15) is 5.75 Å². The lowest BCUT2D eigenvalue weighted by Crippen LogP contribution is -2.46. The maximum atomic E-state index is 12.8. The number of imide groups is 1. The van der Waals surface area contributed by atoms with E-state index in [4.69, 9.17) is 4.74 Å². The molecule has 0 aromatic heterocycles. The fraction of sp³-hybridized carbons (Fsp3) is 0.421. The van der Waals surface area contributed by atoms with Crippen LogP contribution < -0.4 is 10.2 Å². The quantitative estimate of drug-likeness (QED) is 0.668. The second kappa shape index (κ2) is 4.94. The number of amides is 3. The second-order valence-corrected chi connectivity index (χ2v) is 7.34. The second-order valence-electron chi connectivity index (χ2n) is 7.34. The number of carbonyl (C=O) groups is 3. The van der Waals surface area contributed by atoms with Crippen LogP contribution in [0.3, 0.4) is 0 Å². The molecule has 3 fully saturated rings. The van der Waals surface area contributed by atoms with Crippen molar-refractivity contribution in [2.45, 2.75) is 6.42 Å². The Hall–Kier alpha value is -2.63. The number of hydrogen-bond donors (Lipinski definition) is 1. The van der Waals surface area contributed by atoms with E-state index < -0.39 is 5.91 Å². The summed E-state index contributed by atoms with van der Waals surface area (Å²) in [6.07, 6.45) is 5.34. The molecule has 6 rings (SSSR count). The predicted molar refractivity (Wildman–Crippen MR) is 87.0 cm³/mol. The summed E-state index contributed by atoms with van der Waals surface area (Å²) < 4.78 is 5.07. The van der Waals surface area contributed by atoms with E-state index in [1.807, 2.05) is 0 Å². The molecule has 2 bridgehead atoms. The Bertz CT molecular complexity index is 779. The predicted octanol–water partition coefficient (Wildman–Crippen LogP) is 1.39. The average Bonchev–Trinajstić information content (AvgIpc) is 3.43. The Morgan fingerprint density at radius 2 is 1.60 bits per heavy atom. The third-order valence-corrected chi connectivity index (χ3v) is 6.23. The monoisotopic (exact) mass is 338 g/mol. The molecule has 3 amide bonds. The summed E-state index contributed by atoms with van der Waals surface area (Å²) in [7, 11) is 1.55. The van der Waals surface area contributed by atoms with Crippen molar-refractivity contribution in [1.29, 1.82) is 0 Å². The maximum Gasteiger partial charge on any atom is 0.270 e. The van der Waals surface area contributed by atoms with Gasteiger partial charge >= 0.3 is 0 Å². The van der Waals surface area contributed by atoms with Crippen molar-refractivity contribution in [2.75, 3.05) is 7.11 Å². The number of rotatable bonds is 3. The fourth-order valence-electron chi connectivity index (χ4n) is 4.98. The third-order valence-electron chi connectivity index (χ3n) is 6.23. The van der Waals surface area contributed by atoms with Crippen LogP contribution in [0.1, 0.15) is 16.8 Å². The highest BCUT2D eigenvalue weighted by Gasteiger charge is 2.67. The first-order chi connectivity index (χ1) is 12.1. The number of methoxy groups -OCH3 is 1. The van der Waals surface area contributed by atoms with E-state index in [1.54, 1.807) is 31.4 Å². The Balaban J connectivity index is 1.37. The van der Waals surface area contributed by atoms with E-state index in [0.29, 0.717) is 23.1 Å². The molecular weight excluding hydrogens is 320 g/mol. The molecule has 128 valence electrons. The molecule has 0 spiro atoms. The van der Waals surface area contributed by atoms with E-state index >= 15 is 0 Å². The van der Waals surface area contributed by atoms with Gasteiger partial charge in [-0.3, -0.25) is 19.8 Å². The lowest BCUT2D eigenvalue weighted by molar-refractivity contribution is -0.143.